The summed E-state index contributed by atoms with van der Waals surface area (Å²) >= 11 is 0. The number of halogens is 4. The summed E-state index contributed by atoms with van der Waals surface area (Å²) < 4.78 is 59.7. The number of carbonyl (C=O) groups is 1. The van der Waals surface area contributed by atoms with Crippen molar-refractivity contribution in [2.45, 2.75) is 51.3 Å². The summed E-state index contributed by atoms with van der Waals surface area (Å²) in [5.74, 6) is -1.41. The average molecular weight is 454 g/mol. The van der Waals surface area contributed by atoms with Gasteiger partial charge in [-0.25, -0.2) is 9.37 Å². The van der Waals surface area contributed by atoms with Crippen LogP contribution < -0.4 is 10.1 Å². The van der Waals surface area contributed by atoms with E-state index in [0.29, 0.717) is 18.6 Å². The van der Waals surface area contributed by atoms with E-state index in [4.69, 9.17) is 4.74 Å². The topological polar surface area (TPSA) is 71.5 Å². The number of amides is 1. The van der Waals surface area contributed by atoms with Gasteiger partial charge in [0.1, 0.15) is 5.82 Å². The van der Waals surface area contributed by atoms with Gasteiger partial charge >= 0.3 is 6.18 Å². The molecular weight excluding hydrogens is 428 g/mol. The Bertz CT molecular complexity index is 972. The molecule has 0 spiro atoms. The lowest BCUT2D eigenvalue weighted by atomic mass is 10.00. The molecule has 1 aromatic heterocycles. The molecule has 1 fully saturated rings. The van der Waals surface area contributed by atoms with Gasteiger partial charge in [0.05, 0.1) is 23.3 Å². The summed E-state index contributed by atoms with van der Waals surface area (Å²) in [5.41, 5.74) is -2.47. The van der Waals surface area contributed by atoms with Crippen LogP contribution in [0.5, 0.6) is 5.88 Å². The molecule has 1 aromatic carbocycles. The number of hydrogen-bond acceptors (Lipinski definition) is 4. The van der Waals surface area contributed by atoms with Crippen LogP contribution in [0.2, 0.25) is 0 Å². The molecule has 1 heterocycles. The molecule has 1 unspecified atom stereocenters. The van der Waals surface area contributed by atoms with Gasteiger partial charge in [0.25, 0.3) is 5.91 Å². The van der Waals surface area contributed by atoms with Crippen molar-refractivity contribution in [3.05, 3.63) is 47.4 Å². The average Bonchev–Trinajstić information content (AvgIpc) is 3.58. The SMILES string of the molecule is CCCCOc1ncc(C(=O)NCC(C)(O)C2CC2)cc1-c1cc(C(F)(F)F)ccc1F. The van der Waals surface area contributed by atoms with Crippen molar-refractivity contribution < 1.29 is 32.2 Å². The lowest BCUT2D eigenvalue weighted by Crippen LogP contribution is -2.42. The van der Waals surface area contributed by atoms with E-state index in [2.05, 4.69) is 10.3 Å². The smallest absolute Gasteiger partial charge is 0.416 e. The standard InChI is InChI=1S/C23H26F4N2O3/c1-3-4-9-32-21-18(17-11-16(23(25,26)27)7-8-19(17)24)10-14(12-28-21)20(30)29-13-22(2,31)15-5-6-15/h7-8,10-12,15,31H,3-6,9,13H2,1-2H3,(H,29,30). The number of unbranched alkanes of at least 4 members (excludes halogenated alkanes) is 1. The fraction of sp³-hybridized carbons (Fsp3) is 0.478. The van der Waals surface area contributed by atoms with Crippen molar-refractivity contribution in [1.82, 2.24) is 10.3 Å². The van der Waals surface area contributed by atoms with Gasteiger partial charge in [0, 0.05) is 23.9 Å². The second-order valence-corrected chi connectivity index (χ2v) is 8.29. The van der Waals surface area contributed by atoms with Gasteiger partial charge < -0.3 is 15.2 Å². The van der Waals surface area contributed by atoms with E-state index >= 15 is 0 Å². The highest BCUT2D eigenvalue weighted by molar-refractivity contribution is 5.95. The van der Waals surface area contributed by atoms with Crippen molar-refractivity contribution >= 4 is 5.91 Å². The molecule has 5 nitrogen and oxygen atoms in total. The maximum absolute atomic E-state index is 14.6. The van der Waals surface area contributed by atoms with Crippen molar-refractivity contribution in [1.29, 1.82) is 0 Å². The molecule has 1 saturated carbocycles. The van der Waals surface area contributed by atoms with E-state index in [-0.39, 0.29) is 41.6 Å². The zero-order valence-electron chi connectivity index (χ0n) is 17.9. The van der Waals surface area contributed by atoms with Gasteiger partial charge in [-0.05, 0) is 56.4 Å². The number of pyridine rings is 1. The maximum Gasteiger partial charge on any atom is 0.416 e. The Morgan fingerprint density at radius 1 is 1.25 bits per heavy atom. The number of aromatic nitrogens is 1. The number of benzene rings is 1. The highest BCUT2D eigenvalue weighted by Crippen LogP contribution is 2.39. The molecule has 0 saturated heterocycles. The molecule has 2 N–H and O–H groups in total. The van der Waals surface area contributed by atoms with Crippen molar-refractivity contribution in [3.8, 4) is 17.0 Å². The number of hydrogen-bond donors (Lipinski definition) is 2. The molecule has 1 amide bonds. The molecule has 1 aliphatic carbocycles. The van der Waals surface area contributed by atoms with E-state index in [9.17, 15) is 27.5 Å². The van der Waals surface area contributed by atoms with E-state index < -0.39 is 29.1 Å². The van der Waals surface area contributed by atoms with Crippen molar-refractivity contribution in [3.63, 3.8) is 0 Å². The maximum atomic E-state index is 14.6. The van der Waals surface area contributed by atoms with Gasteiger partial charge in [-0.3, -0.25) is 4.79 Å². The molecular formula is C23H26F4N2O3. The van der Waals surface area contributed by atoms with Crippen LogP contribution in [-0.4, -0.2) is 34.8 Å². The minimum Gasteiger partial charge on any atom is -0.477 e. The number of alkyl halides is 3. The highest BCUT2D eigenvalue weighted by Gasteiger charge is 2.40. The molecule has 3 rings (SSSR count). The Morgan fingerprint density at radius 2 is 1.97 bits per heavy atom. The van der Waals surface area contributed by atoms with Gasteiger partial charge in [0.2, 0.25) is 5.88 Å². The summed E-state index contributed by atoms with van der Waals surface area (Å²) in [7, 11) is 0. The van der Waals surface area contributed by atoms with Crippen LogP contribution in [0.15, 0.2) is 30.5 Å². The van der Waals surface area contributed by atoms with E-state index in [0.717, 1.165) is 25.3 Å². The molecule has 1 atom stereocenters. The fourth-order valence-electron chi connectivity index (χ4n) is 3.32. The van der Waals surface area contributed by atoms with Crippen LogP contribution in [0.25, 0.3) is 11.1 Å². The van der Waals surface area contributed by atoms with Gasteiger partial charge in [-0.1, -0.05) is 13.3 Å². The van der Waals surface area contributed by atoms with Crippen molar-refractivity contribution in [2.24, 2.45) is 5.92 Å². The fourth-order valence-corrected chi connectivity index (χ4v) is 3.32. The van der Waals surface area contributed by atoms with Gasteiger partial charge in [0.15, 0.2) is 0 Å². The quantitative estimate of drug-likeness (QED) is 0.414. The summed E-state index contributed by atoms with van der Waals surface area (Å²) in [6.07, 6.45) is -0.195. The minimum atomic E-state index is -4.66. The first kappa shape index (κ1) is 24.0. The molecule has 0 bridgehead atoms. The Balaban J connectivity index is 1.94. The highest BCUT2D eigenvalue weighted by atomic mass is 19.4. The van der Waals surface area contributed by atoms with E-state index in [1.807, 2.05) is 6.92 Å². The number of nitrogens with zero attached hydrogens (tertiary/aromatic N) is 1. The van der Waals surface area contributed by atoms with Crippen LogP contribution in [0.1, 0.15) is 55.5 Å². The lowest BCUT2D eigenvalue weighted by Gasteiger charge is -2.23. The van der Waals surface area contributed by atoms with E-state index in [1.54, 1.807) is 6.92 Å². The summed E-state index contributed by atoms with van der Waals surface area (Å²) in [5, 5.41) is 13.0. The monoisotopic (exact) mass is 454 g/mol. The van der Waals surface area contributed by atoms with Crippen LogP contribution in [-0.2, 0) is 6.18 Å². The Labute approximate surface area is 183 Å². The zero-order chi connectivity index (χ0) is 23.5. The molecule has 9 heteroatoms. The van der Waals surface area contributed by atoms with Crippen LogP contribution in [0.4, 0.5) is 17.6 Å². The second kappa shape index (κ2) is 9.44. The third-order valence-electron chi connectivity index (χ3n) is 5.50. The first-order valence-corrected chi connectivity index (χ1v) is 10.5. The summed E-state index contributed by atoms with van der Waals surface area (Å²) in [6.45, 7) is 3.83. The predicted molar refractivity (Wildman–Crippen MR) is 111 cm³/mol. The number of ether oxygens (including phenoxy) is 1. The molecule has 32 heavy (non-hydrogen) atoms. The van der Waals surface area contributed by atoms with Gasteiger partial charge in [-0.2, -0.15) is 13.2 Å². The number of carbonyl (C=O) groups excluding carboxylic acids is 1. The largest absolute Gasteiger partial charge is 0.477 e. The minimum absolute atomic E-state index is 0.0124. The third kappa shape index (κ3) is 5.76. The molecule has 2 aromatic rings. The molecule has 174 valence electrons. The first-order chi connectivity index (χ1) is 15.0. The Morgan fingerprint density at radius 3 is 2.59 bits per heavy atom. The van der Waals surface area contributed by atoms with E-state index in [1.165, 1.54) is 12.3 Å². The molecule has 0 aliphatic heterocycles. The zero-order valence-corrected chi connectivity index (χ0v) is 17.9. The summed E-state index contributed by atoms with van der Waals surface area (Å²) in [6, 6.07) is 3.32. The number of nitrogens with one attached hydrogen (secondary N) is 1. The first-order valence-electron chi connectivity index (χ1n) is 10.5. The number of rotatable bonds is 9. The normalized spacial score (nSPS) is 15.8. The van der Waals surface area contributed by atoms with Gasteiger partial charge in [-0.15, -0.1) is 0 Å². The number of aliphatic hydroxyl groups is 1. The lowest BCUT2D eigenvalue weighted by molar-refractivity contribution is -0.137. The van der Waals surface area contributed by atoms with Crippen LogP contribution in [0, 0.1) is 11.7 Å². The summed E-state index contributed by atoms with van der Waals surface area (Å²) in [4.78, 5) is 16.7. The van der Waals surface area contributed by atoms with Crippen molar-refractivity contribution in [2.75, 3.05) is 13.2 Å². The van der Waals surface area contributed by atoms with Crippen LogP contribution in [0.3, 0.4) is 0 Å². The molecule has 1 aliphatic rings. The second-order valence-electron chi connectivity index (χ2n) is 8.29. The third-order valence-corrected chi connectivity index (χ3v) is 5.50. The predicted octanol–water partition coefficient (Wildman–Crippen LogP) is 4.98. The molecule has 0 radical (unpaired) electrons. The Kier molecular flexibility index (Phi) is 7.07. The van der Waals surface area contributed by atoms with Crippen LogP contribution >= 0.6 is 0 Å². The Hall–Kier alpha value is -2.68.